The number of nitrogens with zero attached hydrogens (tertiary/aromatic N) is 1. The summed E-state index contributed by atoms with van der Waals surface area (Å²) in [4.78, 5) is 52.6. The molecule has 36 heavy (non-hydrogen) atoms. The Morgan fingerprint density at radius 3 is 1.81 bits per heavy atom. The van der Waals surface area contributed by atoms with Crippen LogP contribution in [0.15, 0.2) is 4.99 Å². The minimum absolute atomic E-state index is 0.0239. The molecular weight excluding hydrogens is 474 g/mol. The third kappa shape index (κ3) is 18.3. The van der Waals surface area contributed by atoms with Gasteiger partial charge in [-0.05, 0) is 75.2 Å². The molecule has 0 aromatic rings. The highest BCUT2D eigenvalue weighted by molar-refractivity contribution is 5.98. The summed E-state index contributed by atoms with van der Waals surface area (Å²) in [6.07, 6.45) is -2.02. The smallest absolute Gasteiger partial charge is 0.437 e. The topological polar surface area (TPSA) is 177 Å². The summed E-state index contributed by atoms with van der Waals surface area (Å²) in [6, 6.07) is -0.946. The van der Waals surface area contributed by atoms with Crippen molar-refractivity contribution >= 4 is 30.1 Å². The predicted octanol–water partition coefficient (Wildman–Crippen LogP) is 2.17. The largest absolute Gasteiger partial charge is 0.444 e. The average Bonchev–Trinajstić information content (AvgIpc) is 2.63. The van der Waals surface area contributed by atoms with Crippen molar-refractivity contribution in [3.8, 4) is 0 Å². The third-order valence-corrected chi connectivity index (χ3v) is 3.60. The van der Waals surface area contributed by atoms with E-state index in [-0.39, 0.29) is 32.1 Å². The van der Waals surface area contributed by atoms with Crippen LogP contribution in [0.3, 0.4) is 0 Å². The molecule has 0 aliphatic carbocycles. The Kier molecular flexibility index (Phi) is 13.2. The van der Waals surface area contributed by atoms with Crippen molar-refractivity contribution in [1.82, 2.24) is 21.3 Å². The first kappa shape index (κ1) is 32.9. The molecule has 1 atom stereocenters. The van der Waals surface area contributed by atoms with Crippen molar-refractivity contribution in [2.75, 3.05) is 19.7 Å². The second kappa shape index (κ2) is 14.5. The molecule has 0 fully saturated rings. The van der Waals surface area contributed by atoms with Gasteiger partial charge in [0.25, 0.3) is 0 Å². The maximum atomic E-state index is 12.4. The molecule has 0 heterocycles. The molecule has 0 aromatic carbocycles. The number of carbonyl (C=O) groups excluding carboxylic acids is 4. The molecule has 0 bridgehead atoms. The van der Waals surface area contributed by atoms with Gasteiger partial charge in [-0.25, -0.2) is 14.4 Å². The van der Waals surface area contributed by atoms with Crippen molar-refractivity contribution in [1.29, 1.82) is 0 Å². The van der Waals surface area contributed by atoms with Crippen molar-refractivity contribution in [2.24, 2.45) is 4.99 Å². The molecule has 0 rings (SSSR count). The van der Waals surface area contributed by atoms with Gasteiger partial charge in [0.2, 0.25) is 11.9 Å². The standard InChI is InChI=1S/C23H43N5O8/c1-21(2,3)34-18(31)26-15(16(30)24-13-14-29)11-10-12-25-17(27-19(32)35-22(4,5)6)28-20(33)36-23(7,8)9/h15,29H,10-14H2,1-9H3,(H,24,30)(H,26,31)(H2,25,27,28,32,33). The van der Waals surface area contributed by atoms with Crippen LogP contribution in [0.25, 0.3) is 0 Å². The number of aliphatic imine (C=N–C) groups is 1. The first-order valence-corrected chi connectivity index (χ1v) is 11.7. The molecule has 1 unspecified atom stereocenters. The van der Waals surface area contributed by atoms with Gasteiger partial charge in [-0.3, -0.25) is 10.1 Å². The predicted molar refractivity (Wildman–Crippen MR) is 134 cm³/mol. The zero-order chi connectivity index (χ0) is 28.2. The van der Waals surface area contributed by atoms with E-state index in [0.717, 1.165) is 0 Å². The van der Waals surface area contributed by atoms with Gasteiger partial charge >= 0.3 is 18.3 Å². The fraction of sp³-hybridized carbons (Fsp3) is 0.783. The van der Waals surface area contributed by atoms with Gasteiger partial charge in [0, 0.05) is 13.1 Å². The van der Waals surface area contributed by atoms with Crippen LogP contribution in [0.4, 0.5) is 14.4 Å². The Morgan fingerprint density at radius 1 is 0.778 bits per heavy atom. The Bertz CT molecular complexity index is 779. The van der Waals surface area contributed by atoms with Gasteiger partial charge in [0.1, 0.15) is 22.8 Å². The number of rotatable bonds is 8. The average molecular weight is 518 g/mol. The minimum Gasteiger partial charge on any atom is -0.444 e. The maximum absolute atomic E-state index is 12.4. The van der Waals surface area contributed by atoms with E-state index in [1.54, 1.807) is 62.3 Å². The van der Waals surface area contributed by atoms with Gasteiger partial charge in [0.15, 0.2) is 0 Å². The number of carbonyl (C=O) groups is 4. The van der Waals surface area contributed by atoms with Gasteiger partial charge in [-0.1, -0.05) is 0 Å². The van der Waals surface area contributed by atoms with Crippen LogP contribution in [-0.2, 0) is 19.0 Å². The zero-order valence-corrected chi connectivity index (χ0v) is 22.9. The highest BCUT2D eigenvalue weighted by atomic mass is 16.6. The highest BCUT2D eigenvalue weighted by Crippen LogP contribution is 2.10. The van der Waals surface area contributed by atoms with E-state index in [2.05, 4.69) is 26.3 Å². The zero-order valence-electron chi connectivity index (χ0n) is 22.9. The lowest BCUT2D eigenvalue weighted by Gasteiger charge is -2.23. The molecule has 4 amide bonds. The number of alkyl carbamates (subject to hydrolysis) is 2. The van der Waals surface area contributed by atoms with Crippen LogP contribution in [-0.4, -0.2) is 77.8 Å². The quantitative estimate of drug-likeness (QED) is 0.140. The summed E-state index contributed by atoms with van der Waals surface area (Å²) in [7, 11) is 0. The van der Waals surface area contributed by atoms with E-state index in [1.165, 1.54) is 0 Å². The molecule has 0 saturated heterocycles. The Hall–Kier alpha value is -3.09. The summed E-state index contributed by atoms with van der Waals surface area (Å²) < 4.78 is 15.6. The molecule has 13 nitrogen and oxygen atoms in total. The molecular formula is C23H43N5O8. The lowest BCUT2D eigenvalue weighted by atomic mass is 10.1. The van der Waals surface area contributed by atoms with Gasteiger partial charge in [-0.15, -0.1) is 4.99 Å². The number of aliphatic hydroxyl groups excluding tert-OH is 1. The lowest BCUT2D eigenvalue weighted by molar-refractivity contribution is -0.123. The first-order valence-electron chi connectivity index (χ1n) is 11.7. The first-order chi connectivity index (χ1) is 16.3. The number of hydrogen-bond donors (Lipinski definition) is 5. The maximum Gasteiger partial charge on any atom is 0.437 e. The van der Waals surface area contributed by atoms with Crippen LogP contribution >= 0.6 is 0 Å². The Labute approximate surface area is 213 Å². The van der Waals surface area contributed by atoms with Crippen LogP contribution in [0, 0.1) is 0 Å². The molecule has 0 radical (unpaired) electrons. The summed E-state index contributed by atoms with van der Waals surface area (Å²) in [6.45, 7) is 15.1. The number of aliphatic hydroxyl groups is 1. The summed E-state index contributed by atoms with van der Waals surface area (Å²) >= 11 is 0. The molecule has 0 aliphatic rings. The normalized spacial score (nSPS) is 13.2. The molecule has 0 aliphatic heterocycles. The Balaban J connectivity index is 5.25. The summed E-state index contributed by atoms with van der Waals surface area (Å²) in [5, 5.41) is 19.1. The van der Waals surface area contributed by atoms with Crippen molar-refractivity contribution in [2.45, 2.75) is 98.0 Å². The summed E-state index contributed by atoms with van der Waals surface area (Å²) in [5.41, 5.74) is -2.32. The van der Waals surface area contributed by atoms with E-state index in [1.807, 2.05) is 0 Å². The number of guanidine groups is 1. The van der Waals surface area contributed by atoms with Crippen molar-refractivity contribution in [3.63, 3.8) is 0 Å². The number of hydrogen-bond acceptors (Lipinski definition) is 8. The number of amides is 4. The lowest BCUT2D eigenvalue weighted by Crippen LogP contribution is -2.49. The SMILES string of the molecule is CC(C)(C)OC(=O)/N=C(\NCCCC(NC(=O)OC(C)(C)C)C(=O)NCCO)NC(=O)OC(C)(C)C. The van der Waals surface area contributed by atoms with Gasteiger partial charge < -0.3 is 35.3 Å². The molecule has 0 saturated carbocycles. The summed E-state index contributed by atoms with van der Waals surface area (Å²) in [5.74, 6) is -0.690. The van der Waals surface area contributed by atoms with Crippen LogP contribution in [0.1, 0.15) is 75.2 Å². The van der Waals surface area contributed by atoms with E-state index in [9.17, 15) is 19.2 Å². The molecule has 5 N–H and O–H groups in total. The molecule has 208 valence electrons. The van der Waals surface area contributed by atoms with Crippen molar-refractivity contribution < 1.29 is 38.5 Å². The third-order valence-electron chi connectivity index (χ3n) is 3.60. The van der Waals surface area contributed by atoms with Gasteiger partial charge in [0.05, 0.1) is 6.61 Å². The fourth-order valence-corrected chi connectivity index (χ4v) is 2.42. The fourth-order valence-electron chi connectivity index (χ4n) is 2.42. The van der Waals surface area contributed by atoms with Crippen LogP contribution < -0.4 is 21.3 Å². The monoisotopic (exact) mass is 517 g/mol. The minimum atomic E-state index is -0.946. The number of ether oxygens (including phenoxy) is 3. The molecule has 0 spiro atoms. The van der Waals surface area contributed by atoms with Crippen LogP contribution in [0.2, 0.25) is 0 Å². The highest BCUT2D eigenvalue weighted by Gasteiger charge is 2.24. The second-order valence-corrected chi connectivity index (χ2v) is 10.9. The van der Waals surface area contributed by atoms with E-state index < -0.39 is 47.0 Å². The molecule has 0 aromatic heterocycles. The number of nitrogens with one attached hydrogen (secondary N) is 4. The van der Waals surface area contributed by atoms with E-state index in [0.29, 0.717) is 6.42 Å². The second-order valence-electron chi connectivity index (χ2n) is 10.9. The van der Waals surface area contributed by atoms with Crippen LogP contribution in [0.5, 0.6) is 0 Å². The molecule has 13 heteroatoms. The van der Waals surface area contributed by atoms with Crippen molar-refractivity contribution in [3.05, 3.63) is 0 Å². The van der Waals surface area contributed by atoms with Gasteiger partial charge in [-0.2, -0.15) is 0 Å². The van der Waals surface area contributed by atoms with E-state index in [4.69, 9.17) is 19.3 Å². The van der Waals surface area contributed by atoms with E-state index >= 15 is 0 Å². The Morgan fingerprint density at radius 2 is 1.31 bits per heavy atom.